The van der Waals surface area contributed by atoms with Crippen LogP contribution in [0, 0.1) is 5.41 Å². The zero-order valence-corrected chi connectivity index (χ0v) is 12.4. The molecule has 1 fully saturated rings. The lowest BCUT2D eigenvalue weighted by molar-refractivity contribution is -0.169. The molecule has 2 atom stereocenters. The highest BCUT2D eigenvalue weighted by atomic mass is 16.6. The minimum Gasteiger partial charge on any atom is -0.459 e. The van der Waals surface area contributed by atoms with Gasteiger partial charge in [0.25, 0.3) is 0 Å². The second-order valence-electron chi connectivity index (χ2n) is 5.36. The monoisotopic (exact) mass is 280 g/mol. The van der Waals surface area contributed by atoms with Crippen molar-refractivity contribution < 1.29 is 19.1 Å². The van der Waals surface area contributed by atoms with E-state index in [2.05, 4.69) is 13.2 Å². The van der Waals surface area contributed by atoms with Gasteiger partial charge in [0.1, 0.15) is 12.2 Å². The molecule has 0 aromatic carbocycles. The molecule has 1 rings (SSSR count). The van der Waals surface area contributed by atoms with Gasteiger partial charge < -0.3 is 9.47 Å². The van der Waals surface area contributed by atoms with Crippen molar-refractivity contribution in [1.29, 1.82) is 0 Å². The van der Waals surface area contributed by atoms with Crippen LogP contribution in [-0.4, -0.2) is 24.1 Å². The summed E-state index contributed by atoms with van der Waals surface area (Å²) >= 11 is 0. The lowest BCUT2D eigenvalue weighted by atomic mass is 9.67. The molecule has 112 valence electrons. The molecule has 1 aliphatic rings. The van der Waals surface area contributed by atoms with E-state index in [0.29, 0.717) is 0 Å². The fourth-order valence-corrected chi connectivity index (χ4v) is 3.03. The lowest BCUT2D eigenvalue weighted by Crippen LogP contribution is -2.47. The van der Waals surface area contributed by atoms with E-state index in [9.17, 15) is 9.59 Å². The molecule has 0 amide bonds. The van der Waals surface area contributed by atoms with Gasteiger partial charge in [-0.05, 0) is 26.7 Å². The third-order valence-electron chi connectivity index (χ3n) is 4.32. The Morgan fingerprint density at radius 1 is 0.950 bits per heavy atom. The van der Waals surface area contributed by atoms with Crippen molar-refractivity contribution >= 4 is 11.9 Å². The number of rotatable bonds is 6. The molecule has 0 aromatic rings. The molecule has 0 heterocycles. The first kappa shape index (κ1) is 16.5. The largest absolute Gasteiger partial charge is 0.459 e. The van der Waals surface area contributed by atoms with Gasteiger partial charge in [-0.3, -0.25) is 0 Å². The van der Waals surface area contributed by atoms with Crippen molar-refractivity contribution in [1.82, 2.24) is 0 Å². The fraction of sp³-hybridized carbons (Fsp3) is 0.625. The van der Waals surface area contributed by atoms with Gasteiger partial charge in [-0.25, -0.2) is 9.59 Å². The summed E-state index contributed by atoms with van der Waals surface area (Å²) < 4.78 is 10.8. The number of hydrogen-bond acceptors (Lipinski definition) is 4. The summed E-state index contributed by atoms with van der Waals surface area (Å²) in [5.74, 6) is -0.880. The molecule has 1 aliphatic carbocycles. The van der Waals surface area contributed by atoms with Gasteiger partial charge in [-0.2, -0.15) is 0 Å². The van der Waals surface area contributed by atoms with E-state index in [1.165, 1.54) is 0 Å². The second kappa shape index (κ2) is 7.27. The lowest BCUT2D eigenvalue weighted by Gasteiger charge is -2.44. The van der Waals surface area contributed by atoms with Crippen LogP contribution in [0.1, 0.15) is 46.0 Å². The van der Waals surface area contributed by atoms with Crippen LogP contribution in [0.2, 0.25) is 0 Å². The predicted molar refractivity (Wildman–Crippen MR) is 77.0 cm³/mol. The zero-order chi connectivity index (χ0) is 15.2. The van der Waals surface area contributed by atoms with Crippen LogP contribution in [-0.2, 0) is 19.1 Å². The van der Waals surface area contributed by atoms with Crippen molar-refractivity contribution in [3.63, 3.8) is 0 Å². The van der Waals surface area contributed by atoms with Gasteiger partial charge in [0, 0.05) is 17.6 Å². The number of hydrogen-bond donors (Lipinski definition) is 0. The summed E-state index contributed by atoms with van der Waals surface area (Å²) in [5, 5.41) is 0. The van der Waals surface area contributed by atoms with Crippen molar-refractivity contribution in [2.45, 2.75) is 58.2 Å². The zero-order valence-electron chi connectivity index (χ0n) is 12.4. The Hall–Kier alpha value is -1.58. The van der Waals surface area contributed by atoms with Gasteiger partial charge in [-0.1, -0.05) is 32.4 Å². The highest BCUT2D eigenvalue weighted by molar-refractivity contribution is 5.82. The summed E-state index contributed by atoms with van der Waals surface area (Å²) in [6, 6.07) is 0. The van der Waals surface area contributed by atoms with Crippen LogP contribution in [0.5, 0.6) is 0 Å². The van der Waals surface area contributed by atoms with E-state index in [1.54, 1.807) is 0 Å². The summed E-state index contributed by atoms with van der Waals surface area (Å²) in [6.07, 6.45) is 6.70. The summed E-state index contributed by atoms with van der Waals surface area (Å²) in [7, 11) is 0. The Morgan fingerprint density at radius 2 is 1.35 bits per heavy atom. The smallest absolute Gasteiger partial charge is 0.330 e. The molecule has 20 heavy (non-hydrogen) atoms. The van der Waals surface area contributed by atoms with E-state index >= 15 is 0 Å². The molecule has 0 spiro atoms. The van der Waals surface area contributed by atoms with Gasteiger partial charge in [-0.15, -0.1) is 0 Å². The maximum atomic E-state index is 11.4. The number of esters is 2. The van der Waals surface area contributed by atoms with Crippen LogP contribution in [0.3, 0.4) is 0 Å². The van der Waals surface area contributed by atoms with Gasteiger partial charge in [0.05, 0.1) is 0 Å². The van der Waals surface area contributed by atoms with Crippen molar-refractivity contribution in [3.8, 4) is 0 Å². The molecule has 0 aromatic heterocycles. The van der Waals surface area contributed by atoms with Crippen LogP contribution < -0.4 is 0 Å². The van der Waals surface area contributed by atoms with E-state index in [0.717, 1.165) is 44.3 Å². The Bertz CT molecular complexity index is 350. The van der Waals surface area contributed by atoms with E-state index < -0.39 is 11.9 Å². The number of ether oxygens (including phenoxy) is 2. The molecule has 1 saturated carbocycles. The third kappa shape index (κ3) is 3.71. The van der Waals surface area contributed by atoms with Crippen molar-refractivity contribution in [2.75, 3.05) is 0 Å². The van der Waals surface area contributed by atoms with Crippen LogP contribution in [0.4, 0.5) is 0 Å². The van der Waals surface area contributed by atoms with Crippen LogP contribution in [0.15, 0.2) is 25.3 Å². The van der Waals surface area contributed by atoms with Crippen molar-refractivity contribution in [3.05, 3.63) is 25.3 Å². The number of carbonyl (C=O) groups excluding carboxylic acids is 2. The Morgan fingerprint density at radius 3 is 1.70 bits per heavy atom. The Kier molecular flexibility index (Phi) is 5.99. The first-order chi connectivity index (χ1) is 9.46. The van der Waals surface area contributed by atoms with E-state index in [4.69, 9.17) is 9.47 Å². The molecule has 2 unspecified atom stereocenters. The SMILES string of the molecule is C=CC(=O)OC(C)C1(C(C)OC(=O)C=C)CCCCC1. The van der Waals surface area contributed by atoms with Crippen molar-refractivity contribution in [2.24, 2.45) is 5.41 Å². The summed E-state index contributed by atoms with van der Waals surface area (Å²) in [4.78, 5) is 22.9. The standard InChI is InChI=1S/C16H24O4/c1-5-14(17)19-12(3)16(10-8-7-9-11-16)13(4)20-15(18)6-2/h5-6,12-13H,1-2,7-11H2,3-4H3. The first-order valence-electron chi connectivity index (χ1n) is 7.12. The van der Waals surface area contributed by atoms with E-state index in [1.807, 2.05) is 13.8 Å². The highest BCUT2D eigenvalue weighted by Gasteiger charge is 2.45. The maximum Gasteiger partial charge on any atom is 0.330 e. The molecule has 0 saturated heterocycles. The highest BCUT2D eigenvalue weighted by Crippen LogP contribution is 2.44. The molecule has 0 radical (unpaired) electrons. The van der Waals surface area contributed by atoms with Crippen LogP contribution >= 0.6 is 0 Å². The van der Waals surface area contributed by atoms with E-state index in [-0.39, 0.29) is 17.6 Å². The van der Waals surface area contributed by atoms with Gasteiger partial charge in [0.2, 0.25) is 0 Å². The molecular formula is C16H24O4. The van der Waals surface area contributed by atoms with Gasteiger partial charge >= 0.3 is 11.9 Å². The average molecular weight is 280 g/mol. The summed E-state index contributed by atoms with van der Waals surface area (Å²) in [5.41, 5.74) is -0.324. The topological polar surface area (TPSA) is 52.6 Å². The minimum atomic E-state index is -0.440. The minimum absolute atomic E-state index is 0.319. The van der Waals surface area contributed by atoms with Crippen LogP contribution in [0.25, 0.3) is 0 Å². The molecule has 0 aliphatic heterocycles. The fourth-order valence-electron chi connectivity index (χ4n) is 3.03. The normalized spacial score (nSPS) is 20.3. The third-order valence-corrected chi connectivity index (χ3v) is 4.32. The molecule has 4 nitrogen and oxygen atoms in total. The average Bonchev–Trinajstić information content (AvgIpc) is 2.47. The quantitative estimate of drug-likeness (QED) is 0.554. The second-order valence-corrected chi connectivity index (χ2v) is 5.36. The Balaban J connectivity index is 2.89. The molecule has 4 heteroatoms. The summed E-state index contributed by atoms with van der Waals surface area (Å²) in [6.45, 7) is 10.6. The molecule has 0 N–H and O–H groups in total. The maximum absolute atomic E-state index is 11.4. The predicted octanol–water partition coefficient (Wildman–Crippen LogP) is 3.17. The number of carbonyl (C=O) groups is 2. The Labute approximate surface area is 120 Å². The molecule has 0 bridgehead atoms. The first-order valence-corrected chi connectivity index (χ1v) is 7.12. The van der Waals surface area contributed by atoms with Gasteiger partial charge in [0.15, 0.2) is 0 Å². The molecular weight excluding hydrogens is 256 g/mol.